The van der Waals surface area contributed by atoms with E-state index in [-0.39, 0.29) is 10.8 Å². The third kappa shape index (κ3) is 2.45. The zero-order chi connectivity index (χ0) is 11.5. The standard InChI is InChI=1S/C13H9BrClF/c14-8-9-1-3-10(4-2-9)11-5-6-12(15)13(16)7-11/h1-7H,8H2. The minimum absolute atomic E-state index is 0.154. The van der Waals surface area contributed by atoms with Gasteiger partial charge in [-0.2, -0.15) is 0 Å². The monoisotopic (exact) mass is 298 g/mol. The van der Waals surface area contributed by atoms with Gasteiger partial charge in [-0.15, -0.1) is 0 Å². The summed E-state index contributed by atoms with van der Waals surface area (Å²) in [4.78, 5) is 0. The molecule has 0 unspecified atom stereocenters. The Hall–Kier alpha value is -0.860. The molecule has 16 heavy (non-hydrogen) atoms. The van der Waals surface area contributed by atoms with Crippen LogP contribution in [0.15, 0.2) is 42.5 Å². The van der Waals surface area contributed by atoms with Gasteiger partial charge in [0.05, 0.1) is 5.02 Å². The van der Waals surface area contributed by atoms with Crippen molar-refractivity contribution in [2.24, 2.45) is 0 Å². The van der Waals surface area contributed by atoms with Gasteiger partial charge < -0.3 is 0 Å². The van der Waals surface area contributed by atoms with Gasteiger partial charge in [0.25, 0.3) is 0 Å². The number of alkyl halides is 1. The maximum atomic E-state index is 13.3. The van der Waals surface area contributed by atoms with E-state index in [0.29, 0.717) is 0 Å². The fourth-order valence-corrected chi connectivity index (χ4v) is 1.95. The lowest BCUT2D eigenvalue weighted by Crippen LogP contribution is -1.83. The van der Waals surface area contributed by atoms with E-state index < -0.39 is 0 Å². The lowest BCUT2D eigenvalue weighted by Gasteiger charge is -2.03. The van der Waals surface area contributed by atoms with Crippen LogP contribution in [0.1, 0.15) is 5.56 Å². The summed E-state index contributed by atoms with van der Waals surface area (Å²) in [6.45, 7) is 0. The molecule has 0 saturated heterocycles. The number of hydrogen-bond acceptors (Lipinski definition) is 0. The zero-order valence-electron chi connectivity index (χ0n) is 8.38. The van der Waals surface area contributed by atoms with Gasteiger partial charge in [0.1, 0.15) is 5.82 Å². The molecule has 0 atom stereocenters. The molecule has 2 aromatic carbocycles. The molecule has 0 radical (unpaired) electrons. The van der Waals surface area contributed by atoms with Crippen LogP contribution in [0.4, 0.5) is 4.39 Å². The van der Waals surface area contributed by atoms with Gasteiger partial charge in [-0.3, -0.25) is 0 Å². The van der Waals surface area contributed by atoms with Crippen LogP contribution in [-0.2, 0) is 5.33 Å². The SMILES string of the molecule is Fc1cc(-c2ccc(CBr)cc2)ccc1Cl. The Bertz CT molecular complexity index is 494. The Labute approximate surface area is 107 Å². The quantitative estimate of drug-likeness (QED) is 0.681. The molecule has 0 aliphatic rings. The smallest absolute Gasteiger partial charge is 0.142 e. The fraction of sp³-hybridized carbons (Fsp3) is 0.0769. The van der Waals surface area contributed by atoms with Crippen LogP contribution in [0.25, 0.3) is 11.1 Å². The predicted molar refractivity (Wildman–Crippen MR) is 69.5 cm³/mol. The summed E-state index contributed by atoms with van der Waals surface area (Å²) in [6, 6.07) is 12.8. The Morgan fingerprint density at radius 2 is 1.62 bits per heavy atom. The Morgan fingerprint density at radius 1 is 1.00 bits per heavy atom. The van der Waals surface area contributed by atoms with E-state index in [1.54, 1.807) is 6.07 Å². The van der Waals surface area contributed by atoms with Crippen molar-refractivity contribution in [1.82, 2.24) is 0 Å². The summed E-state index contributed by atoms with van der Waals surface area (Å²) in [5, 5.41) is 0.975. The van der Waals surface area contributed by atoms with E-state index in [2.05, 4.69) is 15.9 Å². The molecular formula is C13H9BrClF. The lowest BCUT2D eigenvalue weighted by molar-refractivity contribution is 0.629. The van der Waals surface area contributed by atoms with Gasteiger partial charge in [0, 0.05) is 5.33 Å². The van der Waals surface area contributed by atoms with E-state index in [4.69, 9.17) is 11.6 Å². The molecule has 0 aliphatic heterocycles. The Kier molecular flexibility index (Phi) is 3.62. The highest BCUT2D eigenvalue weighted by Gasteiger charge is 2.03. The lowest BCUT2D eigenvalue weighted by atomic mass is 10.0. The van der Waals surface area contributed by atoms with E-state index >= 15 is 0 Å². The van der Waals surface area contributed by atoms with Gasteiger partial charge in [-0.05, 0) is 28.8 Å². The first-order valence-electron chi connectivity index (χ1n) is 4.81. The largest absolute Gasteiger partial charge is 0.205 e. The minimum atomic E-state index is -0.385. The predicted octanol–water partition coefficient (Wildman–Crippen LogP) is 5.04. The first-order valence-corrected chi connectivity index (χ1v) is 6.31. The van der Waals surface area contributed by atoms with E-state index in [9.17, 15) is 4.39 Å². The number of hydrogen-bond donors (Lipinski definition) is 0. The topological polar surface area (TPSA) is 0 Å². The van der Waals surface area contributed by atoms with Crippen molar-refractivity contribution in [3.8, 4) is 11.1 Å². The van der Waals surface area contributed by atoms with Gasteiger partial charge >= 0.3 is 0 Å². The van der Waals surface area contributed by atoms with Crippen molar-refractivity contribution >= 4 is 27.5 Å². The summed E-state index contributed by atoms with van der Waals surface area (Å²) < 4.78 is 13.3. The summed E-state index contributed by atoms with van der Waals surface area (Å²) in [5.41, 5.74) is 3.02. The van der Waals surface area contributed by atoms with E-state index in [1.807, 2.05) is 30.3 Å². The van der Waals surface area contributed by atoms with Gasteiger partial charge in [-0.25, -0.2) is 4.39 Å². The highest BCUT2D eigenvalue weighted by atomic mass is 79.9. The normalized spacial score (nSPS) is 10.4. The van der Waals surface area contributed by atoms with Crippen LogP contribution in [0.3, 0.4) is 0 Å². The zero-order valence-corrected chi connectivity index (χ0v) is 10.7. The second-order valence-corrected chi connectivity index (χ2v) is 4.43. The first kappa shape index (κ1) is 11.6. The molecule has 2 rings (SSSR count). The first-order chi connectivity index (χ1) is 7.70. The highest BCUT2D eigenvalue weighted by Crippen LogP contribution is 2.24. The molecule has 0 saturated carbocycles. The van der Waals surface area contributed by atoms with Crippen molar-refractivity contribution < 1.29 is 4.39 Å². The van der Waals surface area contributed by atoms with Crippen molar-refractivity contribution in [2.75, 3.05) is 0 Å². The maximum Gasteiger partial charge on any atom is 0.142 e. The number of benzene rings is 2. The molecule has 0 aromatic heterocycles. The Balaban J connectivity index is 2.38. The molecule has 3 heteroatoms. The molecule has 0 spiro atoms. The van der Waals surface area contributed by atoms with Crippen molar-refractivity contribution in [3.63, 3.8) is 0 Å². The molecular weight excluding hydrogens is 290 g/mol. The number of rotatable bonds is 2. The van der Waals surface area contributed by atoms with Crippen LogP contribution in [0.5, 0.6) is 0 Å². The highest BCUT2D eigenvalue weighted by molar-refractivity contribution is 9.08. The van der Waals surface area contributed by atoms with Crippen molar-refractivity contribution in [3.05, 3.63) is 58.9 Å². The number of halogens is 3. The fourth-order valence-electron chi connectivity index (χ4n) is 1.46. The van der Waals surface area contributed by atoms with Crippen molar-refractivity contribution in [1.29, 1.82) is 0 Å². The van der Waals surface area contributed by atoms with E-state index in [1.165, 1.54) is 11.6 Å². The average Bonchev–Trinajstić information content (AvgIpc) is 2.33. The molecule has 0 amide bonds. The minimum Gasteiger partial charge on any atom is -0.205 e. The van der Waals surface area contributed by atoms with Gasteiger partial charge in [0.15, 0.2) is 0 Å². The molecule has 0 heterocycles. The summed E-state index contributed by atoms with van der Waals surface area (Å²) in [5.74, 6) is -0.385. The second kappa shape index (κ2) is 4.98. The van der Waals surface area contributed by atoms with Crippen LogP contribution in [-0.4, -0.2) is 0 Å². The van der Waals surface area contributed by atoms with Crippen LogP contribution in [0, 0.1) is 5.82 Å². The molecule has 82 valence electrons. The van der Waals surface area contributed by atoms with Crippen molar-refractivity contribution in [2.45, 2.75) is 5.33 Å². The molecule has 0 nitrogen and oxygen atoms in total. The van der Waals surface area contributed by atoms with Gasteiger partial charge in [-0.1, -0.05) is 57.9 Å². The van der Waals surface area contributed by atoms with Crippen LogP contribution < -0.4 is 0 Å². The summed E-state index contributed by atoms with van der Waals surface area (Å²) in [7, 11) is 0. The third-order valence-corrected chi connectivity index (χ3v) is 3.32. The second-order valence-electron chi connectivity index (χ2n) is 3.46. The summed E-state index contributed by atoms with van der Waals surface area (Å²) >= 11 is 9.02. The molecule has 0 aliphatic carbocycles. The molecule has 0 fully saturated rings. The third-order valence-electron chi connectivity index (χ3n) is 2.36. The Morgan fingerprint density at radius 3 is 2.19 bits per heavy atom. The van der Waals surface area contributed by atoms with Gasteiger partial charge in [0.2, 0.25) is 0 Å². The summed E-state index contributed by atoms with van der Waals surface area (Å²) in [6.07, 6.45) is 0. The molecule has 0 bridgehead atoms. The van der Waals surface area contributed by atoms with Crippen LogP contribution in [0.2, 0.25) is 5.02 Å². The van der Waals surface area contributed by atoms with Crippen LogP contribution >= 0.6 is 27.5 Å². The van der Waals surface area contributed by atoms with E-state index in [0.717, 1.165) is 16.5 Å². The molecule has 2 aromatic rings. The average molecular weight is 300 g/mol. The molecule has 0 N–H and O–H groups in total. The maximum absolute atomic E-state index is 13.3.